The van der Waals surface area contributed by atoms with Gasteiger partial charge in [0.25, 0.3) is 0 Å². The molecule has 2 N–H and O–H groups in total. The fourth-order valence-corrected chi connectivity index (χ4v) is 7.50. The minimum Gasteiger partial charge on any atom is -0.657 e. The van der Waals surface area contributed by atoms with Gasteiger partial charge < -0.3 is 20.3 Å². The first-order chi connectivity index (χ1) is 24.3. The molecule has 0 amide bonds. The van der Waals surface area contributed by atoms with Crippen LogP contribution in [0.3, 0.4) is 0 Å². The molecule has 2 aromatic carbocycles. The molecule has 2 aliphatic heterocycles. The third kappa shape index (κ3) is 8.28. The Morgan fingerprint density at radius 3 is 1.96 bits per heavy atom. The third-order valence-electron chi connectivity index (χ3n) is 10.0. The van der Waals surface area contributed by atoms with E-state index < -0.39 is 8.07 Å². The van der Waals surface area contributed by atoms with Crippen LogP contribution in [0.15, 0.2) is 90.3 Å². The van der Waals surface area contributed by atoms with E-state index in [1.165, 1.54) is 22.5 Å². The summed E-state index contributed by atoms with van der Waals surface area (Å²) in [5.74, 6) is 3.42. The topological polar surface area (TPSA) is 56.0 Å². The van der Waals surface area contributed by atoms with Crippen molar-refractivity contribution < 1.29 is 19.5 Å². The average molecular weight is 766 g/mol. The fourth-order valence-electron chi connectivity index (χ4n) is 6.98. The zero-order valence-corrected chi connectivity index (χ0v) is 37.4. The van der Waals surface area contributed by atoms with Gasteiger partial charge in [-0.1, -0.05) is 142 Å². The molecule has 266 valence electrons. The molecule has 1 fully saturated rings. The van der Waals surface area contributed by atoms with Gasteiger partial charge in [0, 0.05) is 33.8 Å². The molecule has 5 heterocycles. The Morgan fingerprint density at radius 2 is 1.34 bits per heavy atom. The summed E-state index contributed by atoms with van der Waals surface area (Å²) in [5, 5.41) is 5.58. The third-order valence-corrected chi connectivity index (χ3v) is 10.9. The molecule has 0 aliphatic carbocycles. The first-order valence-electron chi connectivity index (χ1n) is 18.5. The molecular formula is C47H52N4SiZn. The number of aromatic amines is 1. The Labute approximate surface area is 330 Å². The van der Waals surface area contributed by atoms with Crippen molar-refractivity contribution in [1.29, 1.82) is 0 Å². The number of rotatable bonds is 2. The zero-order valence-electron chi connectivity index (χ0n) is 33.5. The van der Waals surface area contributed by atoms with Crippen molar-refractivity contribution in [3.05, 3.63) is 152 Å². The molecule has 0 atom stereocenters. The number of nitrogens with zero attached hydrogens (tertiary/aromatic N) is 2. The molecule has 0 spiro atoms. The van der Waals surface area contributed by atoms with Crippen molar-refractivity contribution in [2.75, 3.05) is 0 Å². The van der Waals surface area contributed by atoms with E-state index in [0.29, 0.717) is 0 Å². The summed E-state index contributed by atoms with van der Waals surface area (Å²) in [7, 11) is -1.49. The number of H-pyrrole nitrogens is 1. The van der Waals surface area contributed by atoms with Crippen molar-refractivity contribution in [2.45, 2.75) is 92.3 Å². The largest absolute Gasteiger partial charge is 2.00 e. The summed E-state index contributed by atoms with van der Waals surface area (Å²) >= 11 is 0. The summed E-state index contributed by atoms with van der Waals surface area (Å²) in [5.41, 5.74) is 17.7. The first-order valence-corrected chi connectivity index (χ1v) is 22.0. The van der Waals surface area contributed by atoms with Crippen LogP contribution in [-0.4, -0.2) is 13.1 Å². The molecule has 0 saturated carbocycles. The van der Waals surface area contributed by atoms with Gasteiger partial charge in [-0.05, 0) is 81.0 Å². The molecule has 2 aliphatic rings. The number of hydrogen-bond acceptors (Lipinski definition) is 1. The Kier molecular flexibility index (Phi) is 10.0. The van der Waals surface area contributed by atoms with Gasteiger partial charge >= 0.3 is 19.5 Å². The van der Waals surface area contributed by atoms with E-state index in [0.717, 1.165) is 67.7 Å². The van der Waals surface area contributed by atoms with E-state index in [-0.39, 0.29) is 35.7 Å². The van der Waals surface area contributed by atoms with Crippen LogP contribution in [0.4, 0.5) is 0 Å². The van der Waals surface area contributed by atoms with E-state index >= 15 is 0 Å². The predicted octanol–water partition coefficient (Wildman–Crippen LogP) is 8.96. The maximum Gasteiger partial charge on any atom is 2.00 e. The summed E-state index contributed by atoms with van der Waals surface area (Å²) < 4.78 is 0. The minimum absolute atomic E-state index is 0. The van der Waals surface area contributed by atoms with E-state index in [1.807, 2.05) is 0 Å². The second-order valence-electron chi connectivity index (χ2n) is 18.3. The van der Waals surface area contributed by atoms with Gasteiger partial charge in [0.15, 0.2) is 0 Å². The molecule has 1 saturated heterocycles. The Balaban J connectivity index is 0.00000481. The predicted molar refractivity (Wildman–Crippen MR) is 221 cm³/mol. The number of nitrogens with one attached hydrogen (secondary N) is 2. The van der Waals surface area contributed by atoms with Crippen molar-refractivity contribution in [3.8, 4) is 11.5 Å². The second-order valence-corrected chi connectivity index (χ2v) is 23.1. The first kappa shape index (κ1) is 38.4. The van der Waals surface area contributed by atoms with Crippen molar-refractivity contribution in [2.24, 2.45) is 5.41 Å². The van der Waals surface area contributed by atoms with Crippen LogP contribution in [-0.2, 0) is 30.3 Å². The number of allylic oxidation sites excluding steroid dienone is 2. The SMILES string of the molecule is CC1(C)CC2=Cc3ccc([nH]3)C(c3ccc(C#C[Si](C)(C)C)cc3)=c3ccc([n-]3)=C(c3cc(C(C)(C)C)cc(C(C)(C)C)c3)c3ccc([n-]3)C=C1N2.[Zn+2]. The molecule has 6 heteroatoms. The average Bonchev–Trinajstić information content (AvgIpc) is 3.85. The van der Waals surface area contributed by atoms with Crippen molar-refractivity contribution in [1.82, 2.24) is 20.3 Å². The Bertz CT molecular complexity index is 2400. The van der Waals surface area contributed by atoms with Crippen LogP contribution in [0.2, 0.25) is 19.6 Å². The quantitative estimate of drug-likeness (QED) is 0.140. The molecule has 8 bridgehead atoms. The van der Waals surface area contributed by atoms with Gasteiger partial charge in [0.05, 0.1) is 0 Å². The number of fused-ring (bicyclic) bond motifs is 8. The van der Waals surface area contributed by atoms with Gasteiger partial charge in [0.1, 0.15) is 8.07 Å². The molecule has 3 aromatic heterocycles. The maximum absolute atomic E-state index is 5.46. The van der Waals surface area contributed by atoms with Crippen LogP contribution in [0.5, 0.6) is 0 Å². The molecule has 0 radical (unpaired) electrons. The molecular weight excluding hydrogens is 714 g/mol. The summed E-state index contributed by atoms with van der Waals surface area (Å²) in [6.45, 7) is 25.2. The van der Waals surface area contributed by atoms with Crippen molar-refractivity contribution >= 4 is 31.4 Å². The van der Waals surface area contributed by atoms with E-state index in [1.54, 1.807) is 0 Å². The van der Waals surface area contributed by atoms with Crippen LogP contribution in [0, 0.1) is 16.9 Å². The summed E-state index contributed by atoms with van der Waals surface area (Å²) in [6, 6.07) is 28.7. The molecule has 53 heavy (non-hydrogen) atoms. The minimum atomic E-state index is -1.49. The number of aromatic nitrogens is 3. The van der Waals surface area contributed by atoms with Gasteiger partial charge in [-0.15, -0.1) is 27.6 Å². The molecule has 5 aromatic rings. The van der Waals surface area contributed by atoms with Gasteiger partial charge in [-0.2, -0.15) is 0 Å². The Hall–Kier alpha value is -4.30. The number of hydrogen-bond donors (Lipinski definition) is 2. The van der Waals surface area contributed by atoms with Gasteiger partial charge in [-0.3, -0.25) is 0 Å². The normalized spacial score (nSPS) is 15.5. The van der Waals surface area contributed by atoms with E-state index in [2.05, 4.69) is 188 Å². The fraction of sp³-hybridized carbons (Fsp3) is 0.319. The smallest absolute Gasteiger partial charge is 0.657 e. The Morgan fingerprint density at radius 1 is 0.698 bits per heavy atom. The molecule has 4 nitrogen and oxygen atoms in total. The van der Waals surface area contributed by atoms with E-state index in [9.17, 15) is 0 Å². The maximum atomic E-state index is 5.46. The summed E-state index contributed by atoms with van der Waals surface area (Å²) in [6.07, 6.45) is 5.37. The van der Waals surface area contributed by atoms with Crippen LogP contribution in [0.25, 0.3) is 23.3 Å². The van der Waals surface area contributed by atoms with E-state index in [4.69, 9.17) is 9.97 Å². The number of benzene rings is 2. The molecule has 0 unspecified atom stereocenters. The standard InChI is InChI=1S/C47H52N4Si.Zn/c1-45(2,3)33-24-32(25-34(26-33)46(4,5)6)44-39-19-17-36(49-39)28-42-47(7,8)29-37(50-42)27-35-16-18-38(48-35)43(40-20-21-41(44)51-40)31-14-12-30(13-15-31)22-23-52(9,10)11;/h12-21,24-28,48,50H,29H2,1-11H3;/q-2;+2. The van der Waals surface area contributed by atoms with Crippen LogP contribution in [0.1, 0.15) is 112 Å². The van der Waals surface area contributed by atoms with Crippen LogP contribution < -0.4 is 26.0 Å². The van der Waals surface area contributed by atoms with Gasteiger partial charge in [-0.25, -0.2) is 0 Å². The van der Waals surface area contributed by atoms with Crippen LogP contribution >= 0.6 is 0 Å². The van der Waals surface area contributed by atoms with Crippen molar-refractivity contribution in [3.63, 3.8) is 0 Å². The van der Waals surface area contributed by atoms with Gasteiger partial charge in [0.2, 0.25) is 0 Å². The zero-order chi connectivity index (χ0) is 37.2. The second kappa shape index (κ2) is 13.8. The molecule has 7 rings (SSSR count). The summed E-state index contributed by atoms with van der Waals surface area (Å²) in [4.78, 5) is 14.5. The monoisotopic (exact) mass is 764 g/mol.